The van der Waals surface area contributed by atoms with Gasteiger partial charge in [-0.05, 0) is 19.8 Å². The zero-order valence-corrected chi connectivity index (χ0v) is 8.57. The lowest BCUT2D eigenvalue weighted by Crippen LogP contribution is -2.11. The highest BCUT2D eigenvalue weighted by atomic mass is 16.5. The van der Waals surface area contributed by atoms with Gasteiger partial charge in [0.2, 0.25) is 5.95 Å². The largest absolute Gasteiger partial charge is 0.380 e. The number of nitrogens with zero attached hydrogens (tertiary/aromatic N) is 2. The van der Waals surface area contributed by atoms with Gasteiger partial charge in [-0.15, -0.1) is 0 Å². The highest BCUT2D eigenvalue weighted by Crippen LogP contribution is 2.23. The van der Waals surface area contributed by atoms with Gasteiger partial charge < -0.3 is 14.6 Å². The molecule has 0 saturated heterocycles. The van der Waals surface area contributed by atoms with Crippen molar-refractivity contribution in [2.75, 3.05) is 18.5 Å². The first kappa shape index (κ1) is 9.52. The maximum atomic E-state index is 5.31. The van der Waals surface area contributed by atoms with Crippen molar-refractivity contribution in [1.82, 2.24) is 9.55 Å². The summed E-state index contributed by atoms with van der Waals surface area (Å²) in [5.74, 6) is 0.979. The third kappa shape index (κ3) is 2.48. The molecule has 1 heterocycles. The fraction of sp³-hybridized carbons (Fsp3) is 0.700. The first-order valence-electron chi connectivity index (χ1n) is 5.25. The van der Waals surface area contributed by atoms with Crippen molar-refractivity contribution >= 4 is 5.95 Å². The molecule has 2 rings (SSSR count). The zero-order valence-electron chi connectivity index (χ0n) is 8.57. The summed E-state index contributed by atoms with van der Waals surface area (Å²) in [5.41, 5.74) is 0. The van der Waals surface area contributed by atoms with E-state index in [1.807, 2.05) is 19.3 Å². The van der Waals surface area contributed by atoms with Crippen molar-refractivity contribution in [2.45, 2.75) is 32.4 Å². The molecule has 0 aliphatic heterocycles. The molecule has 1 aromatic heterocycles. The second-order valence-electron chi connectivity index (χ2n) is 3.56. The normalized spacial score (nSPS) is 15.8. The Labute approximate surface area is 84.3 Å². The van der Waals surface area contributed by atoms with Gasteiger partial charge in [0.05, 0.1) is 6.61 Å². The Morgan fingerprint density at radius 2 is 2.50 bits per heavy atom. The fourth-order valence-corrected chi connectivity index (χ4v) is 1.35. The van der Waals surface area contributed by atoms with E-state index < -0.39 is 0 Å². The topological polar surface area (TPSA) is 39.1 Å². The van der Waals surface area contributed by atoms with Crippen LogP contribution in [0.4, 0.5) is 5.95 Å². The molecular formula is C10H17N3O. The molecule has 4 heteroatoms. The number of hydrogen-bond acceptors (Lipinski definition) is 3. The second kappa shape index (κ2) is 4.46. The van der Waals surface area contributed by atoms with Crippen LogP contribution in [0.3, 0.4) is 0 Å². The van der Waals surface area contributed by atoms with Crippen LogP contribution >= 0.6 is 0 Å². The van der Waals surface area contributed by atoms with Gasteiger partial charge in [0, 0.05) is 31.6 Å². The molecule has 0 unspecified atom stereocenters. The Balaban J connectivity index is 1.84. The van der Waals surface area contributed by atoms with Crippen LogP contribution in [0.1, 0.15) is 19.8 Å². The number of nitrogens with one attached hydrogen (secondary N) is 1. The monoisotopic (exact) mass is 195 g/mol. The zero-order chi connectivity index (χ0) is 9.80. The van der Waals surface area contributed by atoms with Gasteiger partial charge in [0.15, 0.2) is 0 Å². The Kier molecular flexibility index (Phi) is 3.03. The minimum Gasteiger partial charge on any atom is -0.380 e. The van der Waals surface area contributed by atoms with Crippen LogP contribution in [0.2, 0.25) is 0 Å². The SMILES string of the molecule is CCOCCn1ccnc1NC1CC1. The van der Waals surface area contributed by atoms with Crippen molar-refractivity contribution in [2.24, 2.45) is 0 Å². The number of aromatic nitrogens is 2. The Morgan fingerprint density at radius 1 is 1.64 bits per heavy atom. The van der Waals surface area contributed by atoms with Crippen LogP contribution in [0.25, 0.3) is 0 Å². The van der Waals surface area contributed by atoms with Gasteiger partial charge in [-0.25, -0.2) is 4.98 Å². The molecule has 78 valence electrons. The molecule has 0 radical (unpaired) electrons. The molecule has 0 spiro atoms. The van der Waals surface area contributed by atoms with Gasteiger partial charge in [0.1, 0.15) is 0 Å². The van der Waals surface area contributed by atoms with Gasteiger partial charge in [-0.1, -0.05) is 0 Å². The molecule has 1 aliphatic carbocycles. The summed E-state index contributed by atoms with van der Waals surface area (Å²) in [4.78, 5) is 4.27. The Hall–Kier alpha value is -1.03. The van der Waals surface area contributed by atoms with Crippen molar-refractivity contribution in [3.8, 4) is 0 Å². The molecule has 1 aromatic rings. The highest BCUT2D eigenvalue weighted by Gasteiger charge is 2.22. The third-order valence-corrected chi connectivity index (χ3v) is 2.31. The molecule has 0 amide bonds. The van der Waals surface area contributed by atoms with Gasteiger partial charge >= 0.3 is 0 Å². The molecule has 0 bridgehead atoms. The maximum absolute atomic E-state index is 5.31. The van der Waals surface area contributed by atoms with E-state index in [1.165, 1.54) is 12.8 Å². The van der Waals surface area contributed by atoms with Crippen LogP contribution < -0.4 is 5.32 Å². The summed E-state index contributed by atoms with van der Waals surface area (Å²) < 4.78 is 7.41. The standard InChI is InChI=1S/C10H17N3O/c1-2-14-8-7-13-6-5-11-10(13)12-9-3-4-9/h5-6,9H,2-4,7-8H2,1H3,(H,11,12). The van der Waals surface area contributed by atoms with E-state index in [-0.39, 0.29) is 0 Å². The summed E-state index contributed by atoms with van der Waals surface area (Å²) in [6.45, 7) is 4.42. The smallest absolute Gasteiger partial charge is 0.203 e. The van der Waals surface area contributed by atoms with Crippen molar-refractivity contribution in [3.63, 3.8) is 0 Å². The number of imidazole rings is 1. The molecule has 0 atom stereocenters. The van der Waals surface area contributed by atoms with Crippen molar-refractivity contribution in [1.29, 1.82) is 0 Å². The molecule has 1 saturated carbocycles. The molecular weight excluding hydrogens is 178 g/mol. The molecule has 14 heavy (non-hydrogen) atoms. The molecule has 4 nitrogen and oxygen atoms in total. The van der Waals surface area contributed by atoms with E-state index in [4.69, 9.17) is 4.74 Å². The predicted molar refractivity (Wildman–Crippen MR) is 55.4 cm³/mol. The Bertz CT molecular complexity index is 281. The fourth-order valence-electron chi connectivity index (χ4n) is 1.35. The predicted octanol–water partition coefficient (Wildman–Crippen LogP) is 1.49. The van der Waals surface area contributed by atoms with Crippen molar-refractivity contribution in [3.05, 3.63) is 12.4 Å². The van der Waals surface area contributed by atoms with Gasteiger partial charge in [0.25, 0.3) is 0 Å². The van der Waals surface area contributed by atoms with Crippen LogP contribution in [-0.2, 0) is 11.3 Å². The van der Waals surface area contributed by atoms with Gasteiger partial charge in [-0.2, -0.15) is 0 Å². The number of ether oxygens (including phenoxy) is 1. The Morgan fingerprint density at radius 3 is 3.21 bits per heavy atom. The van der Waals surface area contributed by atoms with E-state index >= 15 is 0 Å². The lowest BCUT2D eigenvalue weighted by molar-refractivity contribution is 0.139. The van der Waals surface area contributed by atoms with E-state index in [0.29, 0.717) is 6.04 Å². The van der Waals surface area contributed by atoms with Crippen LogP contribution in [0, 0.1) is 0 Å². The number of rotatable bonds is 6. The summed E-state index contributed by atoms with van der Waals surface area (Å²) in [7, 11) is 0. The van der Waals surface area contributed by atoms with E-state index in [2.05, 4.69) is 14.9 Å². The van der Waals surface area contributed by atoms with E-state index in [0.717, 1.165) is 25.7 Å². The molecule has 1 N–H and O–H groups in total. The minimum absolute atomic E-state index is 0.656. The first-order valence-corrected chi connectivity index (χ1v) is 5.25. The number of hydrogen-bond donors (Lipinski definition) is 1. The lowest BCUT2D eigenvalue weighted by atomic mass is 10.6. The summed E-state index contributed by atoms with van der Waals surface area (Å²) in [6.07, 6.45) is 6.37. The average molecular weight is 195 g/mol. The second-order valence-corrected chi connectivity index (χ2v) is 3.56. The minimum atomic E-state index is 0.656. The van der Waals surface area contributed by atoms with Gasteiger partial charge in [-0.3, -0.25) is 0 Å². The third-order valence-electron chi connectivity index (χ3n) is 2.31. The van der Waals surface area contributed by atoms with E-state index in [9.17, 15) is 0 Å². The first-order chi connectivity index (χ1) is 6.90. The summed E-state index contributed by atoms with van der Waals surface area (Å²) in [6, 6.07) is 0.656. The maximum Gasteiger partial charge on any atom is 0.203 e. The van der Waals surface area contributed by atoms with Crippen LogP contribution in [0.15, 0.2) is 12.4 Å². The van der Waals surface area contributed by atoms with Crippen LogP contribution in [0.5, 0.6) is 0 Å². The van der Waals surface area contributed by atoms with Crippen LogP contribution in [-0.4, -0.2) is 28.8 Å². The highest BCUT2D eigenvalue weighted by molar-refractivity contribution is 5.29. The summed E-state index contributed by atoms with van der Waals surface area (Å²) in [5, 5.41) is 3.39. The quantitative estimate of drug-likeness (QED) is 0.699. The van der Waals surface area contributed by atoms with Crippen molar-refractivity contribution < 1.29 is 4.74 Å². The average Bonchev–Trinajstić information content (AvgIpc) is 2.88. The molecule has 1 fully saturated rings. The lowest BCUT2D eigenvalue weighted by Gasteiger charge is -2.08. The number of anilines is 1. The van der Waals surface area contributed by atoms with E-state index in [1.54, 1.807) is 0 Å². The molecule has 0 aromatic carbocycles. The summed E-state index contributed by atoms with van der Waals surface area (Å²) >= 11 is 0. The molecule has 1 aliphatic rings.